The summed E-state index contributed by atoms with van der Waals surface area (Å²) in [5.41, 5.74) is 1.30. The second-order valence-electron chi connectivity index (χ2n) is 6.10. The van der Waals surface area contributed by atoms with Gasteiger partial charge in [-0.05, 0) is 30.9 Å². The van der Waals surface area contributed by atoms with Crippen molar-refractivity contribution in [3.05, 3.63) is 35.9 Å². The lowest BCUT2D eigenvalue weighted by atomic mass is 10.1. The Kier molecular flexibility index (Phi) is 4.56. The normalized spacial score (nSPS) is 26.4. The van der Waals surface area contributed by atoms with Crippen LogP contribution in [0.4, 0.5) is 0 Å². The number of nitrogens with zero attached hydrogens (tertiary/aromatic N) is 2. The summed E-state index contributed by atoms with van der Waals surface area (Å²) in [6.07, 6.45) is 2.01. The van der Waals surface area contributed by atoms with Crippen molar-refractivity contribution in [2.75, 3.05) is 39.3 Å². The van der Waals surface area contributed by atoms with E-state index in [-0.39, 0.29) is 12.5 Å². The van der Waals surface area contributed by atoms with Gasteiger partial charge in [-0.25, -0.2) is 0 Å². The SMILES string of the molecule is O=C(C1CC1c1ccccc1)N1CCCN(CCO)CC1. The molecule has 0 radical (unpaired) electrons. The summed E-state index contributed by atoms with van der Waals surface area (Å²) in [4.78, 5) is 16.9. The number of amides is 1. The molecule has 0 aromatic heterocycles. The lowest BCUT2D eigenvalue weighted by Gasteiger charge is -2.21. The van der Waals surface area contributed by atoms with Crippen LogP contribution < -0.4 is 0 Å². The van der Waals surface area contributed by atoms with Crippen molar-refractivity contribution >= 4 is 5.91 Å². The Morgan fingerprint density at radius 3 is 2.71 bits per heavy atom. The highest BCUT2D eigenvalue weighted by atomic mass is 16.3. The minimum atomic E-state index is 0.191. The Morgan fingerprint density at radius 1 is 1.14 bits per heavy atom. The van der Waals surface area contributed by atoms with E-state index in [0.29, 0.717) is 11.8 Å². The Labute approximate surface area is 126 Å². The molecule has 2 unspecified atom stereocenters. The van der Waals surface area contributed by atoms with Crippen LogP contribution in [0.1, 0.15) is 24.3 Å². The fourth-order valence-corrected chi connectivity index (χ4v) is 3.33. The van der Waals surface area contributed by atoms with E-state index in [9.17, 15) is 4.79 Å². The van der Waals surface area contributed by atoms with Gasteiger partial charge in [-0.3, -0.25) is 9.69 Å². The van der Waals surface area contributed by atoms with Gasteiger partial charge in [0.05, 0.1) is 6.61 Å². The lowest BCUT2D eigenvalue weighted by Crippen LogP contribution is -2.36. The standard InChI is InChI=1S/C17H24N2O2/c20-12-11-18-7-4-8-19(10-9-18)17(21)16-13-15(16)14-5-2-1-3-6-14/h1-3,5-6,15-16,20H,4,7-13H2. The summed E-state index contributed by atoms with van der Waals surface area (Å²) in [5.74, 6) is 0.946. The minimum Gasteiger partial charge on any atom is -0.395 e. The minimum absolute atomic E-state index is 0.191. The number of benzene rings is 1. The van der Waals surface area contributed by atoms with Gasteiger partial charge in [0.1, 0.15) is 0 Å². The zero-order valence-corrected chi connectivity index (χ0v) is 12.4. The summed E-state index contributed by atoms with van der Waals surface area (Å²) in [6.45, 7) is 4.45. The topological polar surface area (TPSA) is 43.8 Å². The first-order valence-corrected chi connectivity index (χ1v) is 7.96. The fourth-order valence-electron chi connectivity index (χ4n) is 3.33. The van der Waals surface area contributed by atoms with Gasteiger partial charge >= 0.3 is 0 Å². The number of carbonyl (C=O) groups is 1. The molecule has 1 saturated carbocycles. The van der Waals surface area contributed by atoms with E-state index in [1.54, 1.807) is 0 Å². The predicted octanol–water partition coefficient (Wildman–Crippen LogP) is 1.32. The number of hydrogen-bond acceptors (Lipinski definition) is 3. The van der Waals surface area contributed by atoms with Gasteiger partial charge in [-0.2, -0.15) is 0 Å². The highest BCUT2D eigenvalue weighted by Gasteiger charge is 2.45. The zero-order chi connectivity index (χ0) is 14.7. The molecule has 1 aromatic rings. The Bertz CT molecular complexity index is 477. The fraction of sp³-hybridized carbons (Fsp3) is 0.588. The summed E-state index contributed by atoms with van der Waals surface area (Å²) >= 11 is 0. The molecule has 1 N–H and O–H groups in total. The third-order valence-electron chi connectivity index (χ3n) is 4.65. The number of β-amino-alcohol motifs (C(OH)–C–C–N with tert-alkyl or cyclic N) is 1. The molecule has 21 heavy (non-hydrogen) atoms. The van der Waals surface area contributed by atoms with Crippen LogP contribution in [0.25, 0.3) is 0 Å². The van der Waals surface area contributed by atoms with Gasteiger partial charge in [-0.15, -0.1) is 0 Å². The van der Waals surface area contributed by atoms with Crippen LogP contribution in [0.15, 0.2) is 30.3 Å². The molecule has 2 aliphatic rings. The van der Waals surface area contributed by atoms with Crippen LogP contribution in [0.3, 0.4) is 0 Å². The molecule has 1 aliphatic carbocycles. The van der Waals surface area contributed by atoms with Crippen molar-refractivity contribution in [1.82, 2.24) is 9.80 Å². The second-order valence-corrected chi connectivity index (χ2v) is 6.10. The van der Waals surface area contributed by atoms with E-state index in [0.717, 1.165) is 45.6 Å². The third-order valence-corrected chi connectivity index (χ3v) is 4.65. The molecule has 1 aliphatic heterocycles. The molecule has 1 amide bonds. The van der Waals surface area contributed by atoms with E-state index in [1.807, 2.05) is 23.1 Å². The summed E-state index contributed by atoms with van der Waals surface area (Å²) in [7, 11) is 0. The molecule has 0 spiro atoms. The average Bonchev–Trinajstić information content (AvgIpc) is 3.32. The van der Waals surface area contributed by atoms with E-state index >= 15 is 0 Å². The number of carbonyl (C=O) groups excluding carboxylic acids is 1. The molecule has 2 atom stereocenters. The molecular formula is C17H24N2O2. The molecule has 1 aromatic carbocycles. The van der Waals surface area contributed by atoms with Crippen LogP contribution in [0.5, 0.6) is 0 Å². The van der Waals surface area contributed by atoms with Crippen molar-refractivity contribution in [3.63, 3.8) is 0 Å². The van der Waals surface area contributed by atoms with Crippen LogP contribution in [0, 0.1) is 5.92 Å². The Morgan fingerprint density at radius 2 is 1.95 bits per heavy atom. The second kappa shape index (κ2) is 6.58. The first-order chi connectivity index (χ1) is 10.3. The van der Waals surface area contributed by atoms with Crippen LogP contribution in [0.2, 0.25) is 0 Å². The van der Waals surface area contributed by atoms with Gasteiger partial charge < -0.3 is 10.0 Å². The summed E-state index contributed by atoms with van der Waals surface area (Å²) in [5, 5.41) is 9.02. The van der Waals surface area contributed by atoms with E-state index in [4.69, 9.17) is 5.11 Å². The molecule has 1 saturated heterocycles. The van der Waals surface area contributed by atoms with Gasteiger partial charge in [0.25, 0.3) is 0 Å². The van der Waals surface area contributed by atoms with Crippen molar-refractivity contribution in [2.24, 2.45) is 5.92 Å². The molecule has 4 nitrogen and oxygen atoms in total. The maximum atomic E-state index is 12.6. The number of aliphatic hydroxyl groups is 1. The lowest BCUT2D eigenvalue weighted by molar-refractivity contribution is -0.132. The monoisotopic (exact) mass is 288 g/mol. The number of aliphatic hydroxyl groups excluding tert-OH is 1. The van der Waals surface area contributed by atoms with Crippen LogP contribution >= 0.6 is 0 Å². The predicted molar refractivity (Wildman–Crippen MR) is 82.0 cm³/mol. The van der Waals surface area contributed by atoms with Crippen LogP contribution in [-0.4, -0.2) is 60.1 Å². The van der Waals surface area contributed by atoms with E-state index < -0.39 is 0 Å². The van der Waals surface area contributed by atoms with Gasteiger partial charge in [0.2, 0.25) is 5.91 Å². The average molecular weight is 288 g/mol. The van der Waals surface area contributed by atoms with Crippen LogP contribution in [-0.2, 0) is 4.79 Å². The first kappa shape index (κ1) is 14.5. The maximum absolute atomic E-state index is 12.6. The smallest absolute Gasteiger partial charge is 0.226 e. The van der Waals surface area contributed by atoms with Gasteiger partial charge in [-0.1, -0.05) is 30.3 Å². The zero-order valence-electron chi connectivity index (χ0n) is 12.4. The maximum Gasteiger partial charge on any atom is 0.226 e. The molecule has 1 heterocycles. The molecule has 3 rings (SSSR count). The largest absolute Gasteiger partial charge is 0.395 e. The van der Waals surface area contributed by atoms with Crippen molar-refractivity contribution < 1.29 is 9.90 Å². The molecule has 4 heteroatoms. The third kappa shape index (κ3) is 3.44. The quantitative estimate of drug-likeness (QED) is 0.908. The molecule has 2 fully saturated rings. The van der Waals surface area contributed by atoms with Crippen molar-refractivity contribution in [2.45, 2.75) is 18.8 Å². The number of rotatable bonds is 4. The highest BCUT2D eigenvalue weighted by molar-refractivity contribution is 5.83. The van der Waals surface area contributed by atoms with Gasteiger partial charge in [0.15, 0.2) is 0 Å². The Hall–Kier alpha value is -1.39. The van der Waals surface area contributed by atoms with Crippen molar-refractivity contribution in [1.29, 1.82) is 0 Å². The highest BCUT2D eigenvalue weighted by Crippen LogP contribution is 2.48. The molecule has 114 valence electrons. The molecular weight excluding hydrogens is 264 g/mol. The van der Waals surface area contributed by atoms with Gasteiger partial charge in [0, 0.05) is 32.1 Å². The van der Waals surface area contributed by atoms with Crippen molar-refractivity contribution in [3.8, 4) is 0 Å². The van der Waals surface area contributed by atoms with E-state index in [1.165, 1.54) is 5.56 Å². The summed E-state index contributed by atoms with van der Waals surface area (Å²) < 4.78 is 0. The number of hydrogen-bond donors (Lipinski definition) is 1. The summed E-state index contributed by atoms with van der Waals surface area (Å²) in [6, 6.07) is 10.4. The molecule has 0 bridgehead atoms. The van der Waals surface area contributed by atoms with E-state index in [2.05, 4.69) is 17.0 Å². The first-order valence-electron chi connectivity index (χ1n) is 7.96. The Balaban J connectivity index is 1.55.